The normalized spacial score (nSPS) is 14.3. The minimum atomic E-state index is 0.0300. The first-order chi connectivity index (χ1) is 10.3. The van der Waals surface area contributed by atoms with Gasteiger partial charge in [0, 0.05) is 29.8 Å². The molecule has 2 aromatic heterocycles. The fourth-order valence-electron chi connectivity index (χ4n) is 3.29. The van der Waals surface area contributed by atoms with Crippen molar-refractivity contribution in [2.24, 2.45) is 7.05 Å². The van der Waals surface area contributed by atoms with Crippen molar-refractivity contribution in [1.29, 1.82) is 0 Å². The Morgan fingerprint density at radius 1 is 1.19 bits per heavy atom. The average Bonchev–Trinajstić information content (AvgIpc) is 3.09. The number of hydrogen-bond acceptors (Lipinski definition) is 2. The molecule has 21 heavy (non-hydrogen) atoms. The van der Waals surface area contributed by atoms with Crippen LogP contribution in [-0.4, -0.2) is 20.0 Å². The zero-order valence-electron chi connectivity index (χ0n) is 12.0. The Hall–Kier alpha value is -2.36. The van der Waals surface area contributed by atoms with Crippen LogP contribution in [0.15, 0.2) is 36.8 Å². The van der Waals surface area contributed by atoms with E-state index in [0.717, 1.165) is 47.1 Å². The van der Waals surface area contributed by atoms with Crippen LogP contribution >= 0.6 is 0 Å². The maximum Gasteiger partial charge on any atom is 0.265 e. The third kappa shape index (κ3) is 1.82. The zero-order chi connectivity index (χ0) is 14.4. The average molecular weight is 279 g/mol. The predicted octanol–water partition coefficient (Wildman–Crippen LogP) is 2.94. The molecule has 2 heterocycles. The van der Waals surface area contributed by atoms with E-state index in [4.69, 9.17) is 0 Å². The minimum Gasteiger partial charge on any atom is -0.350 e. The smallest absolute Gasteiger partial charge is 0.265 e. The fourth-order valence-corrected chi connectivity index (χ4v) is 3.29. The van der Waals surface area contributed by atoms with Crippen LogP contribution in [0.25, 0.3) is 10.9 Å². The van der Waals surface area contributed by atoms with Gasteiger partial charge in [0.25, 0.3) is 5.91 Å². The highest BCUT2D eigenvalue weighted by Gasteiger charge is 2.22. The van der Waals surface area contributed by atoms with Gasteiger partial charge in [-0.15, -0.1) is 0 Å². The number of benzene rings is 1. The third-order valence-corrected chi connectivity index (χ3v) is 4.38. The van der Waals surface area contributed by atoms with E-state index in [1.54, 1.807) is 10.9 Å². The molecule has 3 aromatic rings. The Kier molecular flexibility index (Phi) is 2.70. The quantitative estimate of drug-likeness (QED) is 0.687. The van der Waals surface area contributed by atoms with E-state index >= 15 is 0 Å². The molecule has 0 spiro atoms. The van der Waals surface area contributed by atoms with E-state index in [-0.39, 0.29) is 5.91 Å². The molecule has 0 N–H and O–H groups in total. The van der Waals surface area contributed by atoms with Crippen molar-refractivity contribution in [3.05, 3.63) is 53.7 Å². The summed E-state index contributed by atoms with van der Waals surface area (Å²) >= 11 is 0. The molecule has 1 aromatic carbocycles. The van der Waals surface area contributed by atoms with Crippen molar-refractivity contribution in [2.75, 3.05) is 0 Å². The largest absolute Gasteiger partial charge is 0.350 e. The molecule has 0 bridgehead atoms. The fraction of sp³-hybridized carbons (Fsp3) is 0.294. The molecule has 0 fully saturated rings. The number of carbonyl (C=O) groups excluding carboxylic acids is 1. The number of rotatable bonds is 1. The molecule has 0 saturated carbocycles. The maximum absolute atomic E-state index is 12.9. The molecule has 0 radical (unpaired) electrons. The number of carbonyl (C=O) groups is 1. The van der Waals surface area contributed by atoms with Crippen LogP contribution in [0.3, 0.4) is 0 Å². The summed E-state index contributed by atoms with van der Waals surface area (Å²) in [6, 6.07) is 8.01. The molecule has 4 rings (SSSR count). The molecule has 0 saturated heterocycles. The van der Waals surface area contributed by atoms with Crippen molar-refractivity contribution in [3.63, 3.8) is 0 Å². The molecule has 0 aliphatic heterocycles. The molecule has 4 heteroatoms. The predicted molar refractivity (Wildman–Crippen MR) is 81.5 cm³/mol. The number of hydrogen-bond donors (Lipinski definition) is 0. The zero-order valence-corrected chi connectivity index (χ0v) is 12.0. The number of aromatic nitrogens is 3. The second-order valence-corrected chi connectivity index (χ2v) is 5.69. The lowest BCUT2D eigenvalue weighted by Crippen LogP contribution is -2.16. The first-order valence-corrected chi connectivity index (χ1v) is 7.39. The summed E-state index contributed by atoms with van der Waals surface area (Å²) in [5.74, 6) is 0.0300. The van der Waals surface area contributed by atoms with Gasteiger partial charge < -0.3 is 4.57 Å². The van der Waals surface area contributed by atoms with Gasteiger partial charge in [0.15, 0.2) is 0 Å². The summed E-state index contributed by atoms with van der Waals surface area (Å²) < 4.78 is 3.75. The third-order valence-electron chi connectivity index (χ3n) is 4.38. The van der Waals surface area contributed by atoms with Crippen molar-refractivity contribution in [3.8, 4) is 0 Å². The van der Waals surface area contributed by atoms with Crippen molar-refractivity contribution in [2.45, 2.75) is 25.7 Å². The van der Waals surface area contributed by atoms with Crippen molar-refractivity contribution < 1.29 is 4.79 Å². The van der Waals surface area contributed by atoms with Gasteiger partial charge in [-0.3, -0.25) is 9.36 Å². The van der Waals surface area contributed by atoms with E-state index in [2.05, 4.69) is 4.98 Å². The molecule has 0 amide bonds. The lowest BCUT2D eigenvalue weighted by molar-refractivity contribution is 0.0957. The Balaban J connectivity index is 1.86. The van der Waals surface area contributed by atoms with Crippen molar-refractivity contribution >= 4 is 16.8 Å². The number of para-hydroxylation sites is 1. The topological polar surface area (TPSA) is 39.8 Å². The van der Waals surface area contributed by atoms with E-state index in [0.29, 0.717) is 0 Å². The maximum atomic E-state index is 12.9. The number of imidazole rings is 1. The SMILES string of the molecule is Cn1cc(C(=O)n2cnc3c2CCCC3)c2ccccc21. The number of aryl methyl sites for hydroxylation is 2. The molecular formula is C17H17N3O. The summed E-state index contributed by atoms with van der Waals surface area (Å²) in [4.78, 5) is 17.3. The molecule has 0 atom stereocenters. The Bertz CT molecular complexity index is 841. The summed E-state index contributed by atoms with van der Waals surface area (Å²) in [5.41, 5.74) is 4.02. The first-order valence-electron chi connectivity index (χ1n) is 7.39. The van der Waals surface area contributed by atoms with E-state index in [9.17, 15) is 4.79 Å². The highest BCUT2D eigenvalue weighted by atomic mass is 16.2. The lowest BCUT2D eigenvalue weighted by atomic mass is 10.0. The second-order valence-electron chi connectivity index (χ2n) is 5.69. The highest BCUT2D eigenvalue weighted by molar-refractivity contribution is 6.08. The van der Waals surface area contributed by atoms with Crippen LogP contribution in [0.4, 0.5) is 0 Å². The van der Waals surface area contributed by atoms with Crippen LogP contribution in [0.1, 0.15) is 34.6 Å². The van der Waals surface area contributed by atoms with Gasteiger partial charge >= 0.3 is 0 Å². The minimum absolute atomic E-state index is 0.0300. The van der Waals surface area contributed by atoms with E-state index in [1.807, 2.05) is 42.1 Å². The van der Waals surface area contributed by atoms with Crippen LogP contribution in [0.2, 0.25) is 0 Å². The molecular weight excluding hydrogens is 262 g/mol. The number of fused-ring (bicyclic) bond motifs is 2. The van der Waals surface area contributed by atoms with Gasteiger partial charge in [0.1, 0.15) is 6.33 Å². The molecule has 0 unspecified atom stereocenters. The second kappa shape index (κ2) is 4.58. The van der Waals surface area contributed by atoms with Gasteiger partial charge in [-0.25, -0.2) is 4.98 Å². The lowest BCUT2D eigenvalue weighted by Gasteiger charge is -2.12. The standard InChI is InChI=1S/C17H17N3O/c1-19-10-13(12-6-2-4-8-15(12)19)17(21)20-11-18-14-7-3-5-9-16(14)20/h2,4,6,8,10-11H,3,5,7,9H2,1H3. The van der Waals surface area contributed by atoms with Gasteiger partial charge in [-0.1, -0.05) is 18.2 Å². The van der Waals surface area contributed by atoms with Gasteiger partial charge in [0.2, 0.25) is 0 Å². The van der Waals surface area contributed by atoms with Crippen molar-refractivity contribution in [1.82, 2.24) is 14.1 Å². The Morgan fingerprint density at radius 3 is 2.90 bits per heavy atom. The van der Waals surface area contributed by atoms with Crippen LogP contribution in [0, 0.1) is 0 Å². The first kappa shape index (κ1) is 12.4. The Labute approximate surface area is 123 Å². The Morgan fingerprint density at radius 2 is 2.00 bits per heavy atom. The van der Waals surface area contributed by atoms with Crippen LogP contribution in [-0.2, 0) is 19.9 Å². The molecule has 1 aliphatic rings. The van der Waals surface area contributed by atoms with Gasteiger partial charge in [0.05, 0.1) is 11.3 Å². The summed E-state index contributed by atoms with van der Waals surface area (Å²) in [5, 5.41) is 1.00. The van der Waals surface area contributed by atoms with Crippen LogP contribution in [0.5, 0.6) is 0 Å². The van der Waals surface area contributed by atoms with Gasteiger partial charge in [-0.05, 0) is 31.7 Å². The summed E-state index contributed by atoms with van der Waals surface area (Å²) in [7, 11) is 1.97. The summed E-state index contributed by atoms with van der Waals surface area (Å²) in [6.45, 7) is 0. The highest BCUT2D eigenvalue weighted by Crippen LogP contribution is 2.24. The summed E-state index contributed by atoms with van der Waals surface area (Å²) in [6.07, 6.45) is 7.87. The van der Waals surface area contributed by atoms with Crippen LogP contribution < -0.4 is 0 Å². The number of nitrogens with zero attached hydrogens (tertiary/aromatic N) is 3. The molecule has 106 valence electrons. The molecule has 1 aliphatic carbocycles. The van der Waals surface area contributed by atoms with E-state index in [1.165, 1.54) is 6.42 Å². The molecule has 4 nitrogen and oxygen atoms in total. The van der Waals surface area contributed by atoms with Gasteiger partial charge in [-0.2, -0.15) is 0 Å². The monoisotopic (exact) mass is 279 g/mol. The van der Waals surface area contributed by atoms with E-state index < -0.39 is 0 Å².